The number of aromatic nitrogens is 1. The van der Waals surface area contributed by atoms with E-state index >= 15 is 0 Å². The van der Waals surface area contributed by atoms with Gasteiger partial charge in [0.05, 0.1) is 10.7 Å². The van der Waals surface area contributed by atoms with Gasteiger partial charge in [0.15, 0.2) is 5.96 Å². The Bertz CT molecular complexity index is 660. The molecule has 6 nitrogen and oxygen atoms in total. The molecule has 1 N–H and O–H groups in total. The SMILES string of the molecule is CCNC(=NCC1CCN(Cc2csc(C)n2)CC1)N1CCC(N2CCCC2)C1. The summed E-state index contributed by atoms with van der Waals surface area (Å²) in [6.07, 6.45) is 6.56. The minimum atomic E-state index is 0.717. The molecule has 3 aliphatic heterocycles. The van der Waals surface area contributed by atoms with Gasteiger partial charge in [0.2, 0.25) is 0 Å². The first-order chi connectivity index (χ1) is 14.2. The van der Waals surface area contributed by atoms with Crippen LogP contribution in [0.5, 0.6) is 0 Å². The van der Waals surface area contributed by atoms with Gasteiger partial charge in [-0.3, -0.25) is 14.8 Å². The summed E-state index contributed by atoms with van der Waals surface area (Å²) >= 11 is 1.76. The molecule has 3 saturated heterocycles. The normalized spacial score (nSPS) is 25.2. The van der Waals surface area contributed by atoms with Crippen LogP contribution in [0.1, 0.15) is 49.7 Å². The van der Waals surface area contributed by atoms with Gasteiger partial charge in [0.25, 0.3) is 0 Å². The summed E-state index contributed by atoms with van der Waals surface area (Å²) in [7, 11) is 0. The van der Waals surface area contributed by atoms with Crippen molar-refractivity contribution < 1.29 is 0 Å². The Labute approximate surface area is 180 Å². The van der Waals surface area contributed by atoms with Crippen LogP contribution in [0.25, 0.3) is 0 Å². The maximum atomic E-state index is 5.08. The average Bonchev–Trinajstić information content (AvgIpc) is 3.48. The standard InChI is InChI=1S/C22H38N6S/c1-3-23-22(28-13-8-21(16-28)27-9-4-5-10-27)24-14-19-6-11-26(12-7-19)15-20-17-29-18(2)25-20/h17,19,21H,3-16H2,1-2H3,(H,23,24). The van der Waals surface area contributed by atoms with Gasteiger partial charge < -0.3 is 10.2 Å². The van der Waals surface area contributed by atoms with Gasteiger partial charge in [-0.1, -0.05) is 0 Å². The first kappa shape index (κ1) is 21.1. The van der Waals surface area contributed by atoms with E-state index in [4.69, 9.17) is 4.99 Å². The summed E-state index contributed by atoms with van der Waals surface area (Å²) in [5.41, 5.74) is 1.24. The van der Waals surface area contributed by atoms with Gasteiger partial charge in [-0.2, -0.15) is 0 Å². The highest BCUT2D eigenvalue weighted by molar-refractivity contribution is 7.09. The Morgan fingerprint density at radius 1 is 1.17 bits per heavy atom. The summed E-state index contributed by atoms with van der Waals surface area (Å²) < 4.78 is 0. The number of rotatable bonds is 6. The van der Waals surface area contributed by atoms with E-state index in [-0.39, 0.29) is 0 Å². The Kier molecular flexibility index (Phi) is 7.43. The lowest BCUT2D eigenvalue weighted by Crippen LogP contribution is -2.43. The van der Waals surface area contributed by atoms with Gasteiger partial charge in [-0.05, 0) is 78.0 Å². The van der Waals surface area contributed by atoms with Crippen molar-refractivity contribution in [1.29, 1.82) is 0 Å². The molecule has 1 aromatic heterocycles. The lowest BCUT2D eigenvalue weighted by atomic mass is 9.97. The minimum absolute atomic E-state index is 0.717. The van der Waals surface area contributed by atoms with Crippen molar-refractivity contribution in [2.45, 2.75) is 58.5 Å². The second-order valence-corrected chi connectivity index (χ2v) is 9.97. The third-order valence-electron chi connectivity index (χ3n) is 6.71. The number of piperidine rings is 1. The molecule has 1 atom stereocenters. The van der Waals surface area contributed by atoms with E-state index in [9.17, 15) is 0 Å². The largest absolute Gasteiger partial charge is 0.357 e. The van der Waals surface area contributed by atoms with Crippen molar-refractivity contribution in [3.05, 3.63) is 16.1 Å². The lowest BCUT2D eigenvalue weighted by Gasteiger charge is -2.31. The number of aliphatic imine (C=N–C) groups is 1. The van der Waals surface area contributed by atoms with E-state index in [0.717, 1.165) is 44.7 Å². The maximum absolute atomic E-state index is 5.08. The van der Waals surface area contributed by atoms with Gasteiger partial charge in [0.1, 0.15) is 0 Å². The summed E-state index contributed by atoms with van der Waals surface area (Å²) in [4.78, 5) is 17.5. The Balaban J connectivity index is 1.24. The topological polar surface area (TPSA) is 47.0 Å². The molecule has 0 bridgehead atoms. The van der Waals surface area contributed by atoms with E-state index < -0.39 is 0 Å². The smallest absolute Gasteiger partial charge is 0.193 e. The molecule has 0 spiro atoms. The second-order valence-electron chi connectivity index (χ2n) is 8.90. The number of nitrogens with one attached hydrogen (secondary N) is 1. The zero-order valence-corrected chi connectivity index (χ0v) is 19.1. The molecule has 0 radical (unpaired) electrons. The molecule has 0 aromatic carbocycles. The fourth-order valence-corrected chi connectivity index (χ4v) is 5.62. The molecular weight excluding hydrogens is 380 g/mol. The van der Waals surface area contributed by atoms with Gasteiger partial charge in [0, 0.05) is 44.1 Å². The molecular formula is C22H38N6S. The van der Waals surface area contributed by atoms with Gasteiger partial charge in [-0.15, -0.1) is 11.3 Å². The van der Waals surface area contributed by atoms with Crippen LogP contribution in [0.2, 0.25) is 0 Å². The molecule has 7 heteroatoms. The summed E-state index contributed by atoms with van der Waals surface area (Å²) in [5, 5.41) is 6.94. The Morgan fingerprint density at radius 2 is 1.97 bits per heavy atom. The summed E-state index contributed by atoms with van der Waals surface area (Å²) in [6, 6.07) is 0.735. The van der Waals surface area contributed by atoms with E-state index in [1.165, 1.54) is 69.0 Å². The van der Waals surface area contributed by atoms with Crippen molar-refractivity contribution in [2.75, 3.05) is 52.4 Å². The van der Waals surface area contributed by atoms with E-state index in [1.54, 1.807) is 11.3 Å². The quantitative estimate of drug-likeness (QED) is 0.569. The molecule has 162 valence electrons. The van der Waals surface area contributed by atoms with E-state index in [1.807, 2.05) is 0 Å². The molecule has 1 aromatic rings. The van der Waals surface area contributed by atoms with Crippen LogP contribution in [-0.2, 0) is 6.54 Å². The third-order valence-corrected chi connectivity index (χ3v) is 7.54. The van der Waals surface area contributed by atoms with Crippen molar-refractivity contribution >= 4 is 17.3 Å². The number of likely N-dealkylation sites (tertiary alicyclic amines) is 3. The molecule has 1 unspecified atom stereocenters. The second kappa shape index (κ2) is 10.2. The monoisotopic (exact) mass is 418 g/mol. The van der Waals surface area contributed by atoms with Crippen molar-refractivity contribution in [1.82, 2.24) is 25.0 Å². The average molecular weight is 419 g/mol. The van der Waals surface area contributed by atoms with Crippen LogP contribution < -0.4 is 5.32 Å². The van der Waals surface area contributed by atoms with Crippen molar-refractivity contribution in [3.63, 3.8) is 0 Å². The summed E-state index contributed by atoms with van der Waals surface area (Å²) in [5.74, 6) is 1.86. The van der Waals surface area contributed by atoms with Crippen LogP contribution >= 0.6 is 11.3 Å². The highest BCUT2D eigenvalue weighted by Crippen LogP contribution is 2.22. The van der Waals surface area contributed by atoms with Crippen LogP contribution in [0, 0.1) is 12.8 Å². The third kappa shape index (κ3) is 5.70. The molecule has 29 heavy (non-hydrogen) atoms. The Hall–Kier alpha value is -1.18. The maximum Gasteiger partial charge on any atom is 0.193 e. The number of aryl methyl sites for hydroxylation is 1. The first-order valence-electron chi connectivity index (χ1n) is 11.6. The highest BCUT2D eigenvalue weighted by Gasteiger charge is 2.30. The molecule has 0 amide bonds. The van der Waals surface area contributed by atoms with Crippen molar-refractivity contribution in [3.8, 4) is 0 Å². The zero-order valence-electron chi connectivity index (χ0n) is 18.3. The lowest BCUT2D eigenvalue weighted by molar-refractivity contribution is 0.179. The molecule has 4 rings (SSSR count). The fraction of sp³-hybridized carbons (Fsp3) is 0.818. The molecule has 0 saturated carbocycles. The number of hydrogen-bond donors (Lipinski definition) is 1. The van der Waals surface area contributed by atoms with Crippen LogP contribution in [0.4, 0.5) is 0 Å². The molecule has 0 aliphatic carbocycles. The first-order valence-corrected chi connectivity index (χ1v) is 12.5. The number of hydrogen-bond acceptors (Lipinski definition) is 5. The zero-order chi connectivity index (χ0) is 20.1. The highest BCUT2D eigenvalue weighted by atomic mass is 32.1. The van der Waals surface area contributed by atoms with Gasteiger partial charge in [-0.25, -0.2) is 4.98 Å². The predicted molar refractivity (Wildman–Crippen MR) is 122 cm³/mol. The predicted octanol–water partition coefficient (Wildman–Crippen LogP) is 2.80. The van der Waals surface area contributed by atoms with Crippen LogP contribution in [-0.4, -0.2) is 84.0 Å². The number of guanidine groups is 1. The fourth-order valence-electron chi connectivity index (χ4n) is 5.02. The molecule has 3 aliphatic rings. The van der Waals surface area contributed by atoms with E-state index in [2.05, 4.69) is 44.2 Å². The minimum Gasteiger partial charge on any atom is -0.357 e. The number of nitrogens with zero attached hydrogens (tertiary/aromatic N) is 5. The van der Waals surface area contributed by atoms with Gasteiger partial charge >= 0.3 is 0 Å². The number of thiazole rings is 1. The van der Waals surface area contributed by atoms with Crippen LogP contribution in [0.3, 0.4) is 0 Å². The Morgan fingerprint density at radius 3 is 2.66 bits per heavy atom. The summed E-state index contributed by atoms with van der Waals surface area (Å²) in [6.45, 7) is 14.4. The molecule has 4 heterocycles. The van der Waals surface area contributed by atoms with Crippen molar-refractivity contribution in [2.24, 2.45) is 10.9 Å². The van der Waals surface area contributed by atoms with E-state index in [0.29, 0.717) is 5.92 Å². The van der Waals surface area contributed by atoms with Crippen LogP contribution in [0.15, 0.2) is 10.4 Å². The molecule has 3 fully saturated rings.